The molecule has 1 amide bonds. The summed E-state index contributed by atoms with van der Waals surface area (Å²) in [4.78, 5) is 14.9. The summed E-state index contributed by atoms with van der Waals surface area (Å²) in [6.45, 7) is 6.62. The zero-order valence-corrected chi connectivity index (χ0v) is 13.3. The summed E-state index contributed by atoms with van der Waals surface area (Å²) in [6.07, 6.45) is 3.79. The average Bonchev–Trinajstić information content (AvgIpc) is 2.50. The van der Waals surface area contributed by atoms with E-state index < -0.39 is 0 Å². The van der Waals surface area contributed by atoms with Gasteiger partial charge in [0.2, 0.25) is 5.91 Å². The molecule has 0 radical (unpaired) electrons. The van der Waals surface area contributed by atoms with Crippen LogP contribution in [0.1, 0.15) is 37.8 Å². The lowest BCUT2D eigenvalue weighted by Crippen LogP contribution is -2.41. The fourth-order valence-corrected chi connectivity index (χ4v) is 3.18. The second-order valence-corrected chi connectivity index (χ2v) is 6.53. The SMILES string of the molecule is CC(C)CN(CCCN)C(=O)C1CCc2ccccc2C1. The second kappa shape index (κ2) is 7.60. The fourth-order valence-electron chi connectivity index (χ4n) is 3.18. The van der Waals surface area contributed by atoms with Crippen molar-refractivity contribution in [3.63, 3.8) is 0 Å². The van der Waals surface area contributed by atoms with Gasteiger partial charge in [-0.25, -0.2) is 0 Å². The van der Waals surface area contributed by atoms with Crippen LogP contribution in [0.4, 0.5) is 0 Å². The van der Waals surface area contributed by atoms with Gasteiger partial charge >= 0.3 is 0 Å². The first-order valence-corrected chi connectivity index (χ1v) is 8.17. The maximum absolute atomic E-state index is 12.8. The summed E-state index contributed by atoms with van der Waals surface area (Å²) in [5.41, 5.74) is 8.38. The molecular formula is C18H28N2O. The number of carbonyl (C=O) groups is 1. The number of hydrogen-bond acceptors (Lipinski definition) is 2. The molecular weight excluding hydrogens is 260 g/mol. The van der Waals surface area contributed by atoms with E-state index in [-0.39, 0.29) is 5.92 Å². The molecule has 0 saturated heterocycles. The topological polar surface area (TPSA) is 46.3 Å². The number of rotatable bonds is 6. The number of nitrogens with zero attached hydrogens (tertiary/aromatic N) is 1. The predicted molar refractivity (Wildman–Crippen MR) is 87.0 cm³/mol. The van der Waals surface area contributed by atoms with Crippen molar-refractivity contribution in [2.24, 2.45) is 17.6 Å². The Bertz CT molecular complexity index is 470. The predicted octanol–water partition coefficient (Wildman–Crippen LogP) is 2.62. The van der Waals surface area contributed by atoms with Crippen LogP contribution in [0.2, 0.25) is 0 Å². The van der Waals surface area contributed by atoms with Gasteiger partial charge in [-0.3, -0.25) is 4.79 Å². The smallest absolute Gasteiger partial charge is 0.226 e. The highest BCUT2D eigenvalue weighted by atomic mass is 16.2. The summed E-state index contributed by atoms with van der Waals surface area (Å²) in [7, 11) is 0. The van der Waals surface area contributed by atoms with E-state index in [0.717, 1.165) is 38.8 Å². The third-order valence-corrected chi connectivity index (χ3v) is 4.23. The Balaban J connectivity index is 2.03. The van der Waals surface area contributed by atoms with Crippen LogP contribution in [-0.4, -0.2) is 30.4 Å². The molecule has 2 rings (SSSR count). The van der Waals surface area contributed by atoms with Crippen molar-refractivity contribution >= 4 is 5.91 Å². The van der Waals surface area contributed by atoms with Crippen molar-refractivity contribution in [1.82, 2.24) is 4.90 Å². The molecule has 1 aliphatic carbocycles. The molecule has 0 bridgehead atoms. The standard InChI is InChI=1S/C18H28N2O/c1-14(2)13-20(11-5-10-19)18(21)17-9-8-15-6-3-4-7-16(15)12-17/h3-4,6-7,14,17H,5,8-13,19H2,1-2H3. The molecule has 0 heterocycles. The van der Waals surface area contributed by atoms with Crippen LogP contribution in [0, 0.1) is 11.8 Å². The summed E-state index contributed by atoms with van der Waals surface area (Å²) in [5.74, 6) is 0.977. The molecule has 21 heavy (non-hydrogen) atoms. The van der Waals surface area contributed by atoms with Gasteiger partial charge in [0.15, 0.2) is 0 Å². The molecule has 2 N–H and O–H groups in total. The third-order valence-electron chi connectivity index (χ3n) is 4.23. The fraction of sp³-hybridized carbons (Fsp3) is 0.611. The maximum atomic E-state index is 12.8. The monoisotopic (exact) mass is 288 g/mol. The highest BCUT2D eigenvalue weighted by Crippen LogP contribution is 2.27. The minimum atomic E-state index is 0.149. The Morgan fingerprint density at radius 1 is 1.33 bits per heavy atom. The van der Waals surface area contributed by atoms with Crippen molar-refractivity contribution in [2.45, 2.75) is 39.5 Å². The maximum Gasteiger partial charge on any atom is 0.226 e. The second-order valence-electron chi connectivity index (χ2n) is 6.53. The molecule has 3 heteroatoms. The molecule has 1 aromatic carbocycles. The third kappa shape index (κ3) is 4.31. The van der Waals surface area contributed by atoms with E-state index in [2.05, 4.69) is 38.1 Å². The quantitative estimate of drug-likeness (QED) is 0.874. The molecule has 1 unspecified atom stereocenters. The van der Waals surface area contributed by atoms with Crippen molar-refractivity contribution in [1.29, 1.82) is 0 Å². The van der Waals surface area contributed by atoms with Gasteiger partial charge in [-0.1, -0.05) is 38.1 Å². The minimum absolute atomic E-state index is 0.149. The number of fused-ring (bicyclic) bond motifs is 1. The van der Waals surface area contributed by atoms with Crippen molar-refractivity contribution < 1.29 is 4.79 Å². The van der Waals surface area contributed by atoms with E-state index in [0.29, 0.717) is 18.4 Å². The van der Waals surface area contributed by atoms with Gasteiger partial charge < -0.3 is 10.6 Å². The lowest BCUT2D eigenvalue weighted by molar-refractivity contribution is -0.136. The summed E-state index contributed by atoms with van der Waals surface area (Å²) >= 11 is 0. The number of hydrogen-bond donors (Lipinski definition) is 1. The first-order valence-electron chi connectivity index (χ1n) is 8.17. The van der Waals surface area contributed by atoms with E-state index in [1.807, 2.05) is 4.90 Å². The molecule has 0 saturated carbocycles. The van der Waals surface area contributed by atoms with Gasteiger partial charge in [-0.15, -0.1) is 0 Å². The highest BCUT2D eigenvalue weighted by Gasteiger charge is 2.28. The van der Waals surface area contributed by atoms with Gasteiger partial charge in [0.05, 0.1) is 0 Å². The summed E-state index contributed by atoms with van der Waals surface area (Å²) < 4.78 is 0. The molecule has 0 aliphatic heterocycles. The van der Waals surface area contributed by atoms with Gasteiger partial charge in [-0.2, -0.15) is 0 Å². The van der Waals surface area contributed by atoms with Crippen molar-refractivity contribution in [2.75, 3.05) is 19.6 Å². The highest BCUT2D eigenvalue weighted by molar-refractivity contribution is 5.79. The van der Waals surface area contributed by atoms with Crippen LogP contribution in [0.25, 0.3) is 0 Å². The van der Waals surface area contributed by atoms with E-state index in [1.165, 1.54) is 11.1 Å². The number of amides is 1. The minimum Gasteiger partial charge on any atom is -0.342 e. The Kier molecular flexibility index (Phi) is 5.80. The zero-order valence-electron chi connectivity index (χ0n) is 13.3. The van der Waals surface area contributed by atoms with Crippen molar-refractivity contribution in [3.05, 3.63) is 35.4 Å². The van der Waals surface area contributed by atoms with Crippen LogP contribution >= 0.6 is 0 Å². The molecule has 116 valence electrons. The summed E-state index contributed by atoms with van der Waals surface area (Å²) in [6, 6.07) is 8.52. The van der Waals surface area contributed by atoms with Crippen LogP contribution in [0.15, 0.2) is 24.3 Å². The first kappa shape index (κ1) is 16.0. The van der Waals surface area contributed by atoms with E-state index in [9.17, 15) is 4.79 Å². The van der Waals surface area contributed by atoms with Crippen LogP contribution in [0.5, 0.6) is 0 Å². The van der Waals surface area contributed by atoms with Crippen molar-refractivity contribution in [3.8, 4) is 0 Å². The molecule has 0 aromatic heterocycles. The Morgan fingerprint density at radius 3 is 2.71 bits per heavy atom. The number of carbonyl (C=O) groups excluding carboxylic acids is 1. The van der Waals surface area contributed by atoms with E-state index in [4.69, 9.17) is 5.73 Å². The lowest BCUT2D eigenvalue weighted by Gasteiger charge is -2.31. The average molecular weight is 288 g/mol. The van der Waals surface area contributed by atoms with E-state index >= 15 is 0 Å². The summed E-state index contributed by atoms with van der Waals surface area (Å²) in [5, 5.41) is 0. The molecule has 0 fully saturated rings. The van der Waals surface area contributed by atoms with Gasteiger partial charge in [-0.05, 0) is 49.3 Å². The molecule has 3 nitrogen and oxygen atoms in total. The molecule has 1 aliphatic rings. The van der Waals surface area contributed by atoms with Gasteiger partial charge in [0.25, 0.3) is 0 Å². The molecule has 1 aromatic rings. The molecule has 1 atom stereocenters. The van der Waals surface area contributed by atoms with E-state index in [1.54, 1.807) is 0 Å². The van der Waals surface area contributed by atoms with Crippen LogP contribution < -0.4 is 5.73 Å². The van der Waals surface area contributed by atoms with Gasteiger partial charge in [0.1, 0.15) is 0 Å². The Labute approximate surface area is 128 Å². The first-order chi connectivity index (χ1) is 10.1. The zero-order chi connectivity index (χ0) is 15.2. The normalized spacial score (nSPS) is 17.6. The lowest BCUT2D eigenvalue weighted by atomic mass is 9.83. The largest absolute Gasteiger partial charge is 0.342 e. The van der Waals surface area contributed by atoms with Gasteiger partial charge in [0, 0.05) is 19.0 Å². The van der Waals surface area contributed by atoms with Crippen LogP contribution in [0.3, 0.4) is 0 Å². The Morgan fingerprint density at radius 2 is 2.05 bits per heavy atom. The molecule has 0 spiro atoms. The number of benzene rings is 1. The Hall–Kier alpha value is -1.35. The number of nitrogens with two attached hydrogens (primary N) is 1. The number of aryl methyl sites for hydroxylation is 1. The van der Waals surface area contributed by atoms with Crippen LogP contribution in [-0.2, 0) is 17.6 Å².